The fourth-order valence-corrected chi connectivity index (χ4v) is 3.85. The third-order valence-electron chi connectivity index (χ3n) is 3.88. The maximum Gasteiger partial charge on any atom is 0.313 e. The number of aliphatic carboxylic acids is 1. The van der Waals surface area contributed by atoms with Gasteiger partial charge in [-0.15, -0.1) is 5.10 Å². The molecule has 0 radical (unpaired) electrons. The number of hydrogen-bond acceptors (Lipinski definition) is 4. The molecule has 0 amide bonds. The summed E-state index contributed by atoms with van der Waals surface area (Å²) in [5.41, 5.74) is 2.52. The molecule has 7 heteroatoms. The van der Waals surface area contributed by atoms with Gasteiger partial charge in [-0.2, -0.15) is 4.98 Å². The Morgan fingerprint density at radius 1 is 1.20 bits per heavy atom. The summed E-state index contributed by atoms with van der Waals surface area (Å²) >= 11 is 4.53. The van der Waals surface area contributed by atoms with Crippen molar-refractivity contribution < 1.29 is 9.90 Å². The first-order chi connectivity index (χ1) is 12.1. The van der Waals surface area contributed by atoms with E-state index in [1.165, 1.54) is 16.3 Å². The fraction of sp³-hybridized carbons (Fsp3) is 0.278. The van der Waals surface area contributed by atoms with Gasteiger partial charge in [-0.1, -0.05) is 61.5 Å². The maximum absolute atomic E-state index is 10.7. The summed E-state index contributed by atoms with van der Waals surface area (Å²) in [6.45, 7) is 2.76. The number of aromatic nitrogens is 3. The van der Waals surface area contributed by atoms with E-state index >= 15 is 0 Å². The van der Waals surface area contributed by atoms with Crippen LogP contribution in [0.2, 0.25) is 0 Å². The number of nitrogens with zero attached hydrogens (tertiary/aromatic N) is 3. The summed E-state index contributed by atoms with van der Waals surface area (Å²) < 4.78 is 2.35. The summed E-state index contributed by atoms with van der Waals surface area (Å²) in [5.74, 6) is -0.930. The molecule has 0 atom stereocenters. The second-order valence-corrected chi connectivity index (χ2v) is 7.33. The predicted molar refractivity (Wildman–Crippen MR) is 103 cm³/mol. The molecule has 5 nitrogen and oxygen atoms in total. The van der Waals surface area contributed by atoms with Gasteiger partial charge in [0.1, 0.15) is 0 Å². The lowest BCUT2D eigenvalue weighted by Crippen LogP contribution is -2.04. The molecule has 130 valence electrons. The van der Waals surface area contributed by atoms with Crippen LogP contribution < -0.4 is 0 Å². The normalized spacial score (nSPS) is 11.1. The van der Waals surface area contributed by atoms with Crippen molar-refractivity contribution in [2.75, 3.05) is 5.75 Å². The minimum Gasteiger partial charge on any atom is -0.481 e. The predicted octanol–water partition coefficient (Wildman–Crippen LogP) is 4.37. The van der Waals surface area contributed by atoms with Gasteiger partial charge < -0.3 is 5.11 Å². The zero-order valence-corrected chi connectivity index (χ0v) is 16.2. The van der Waals surface area contributed by atoms with E-state index in [0.29, 0.717) is 16.4 Å². The molecule has 0 spiro atoms. The molecule has 25 heavy (non-hydrogen) atoms. The van der Waals surface area contributed by atoms with Gasteiger partial charge in [0.05, 0.1) is 12.3 Å². The zero-order valence-electron chi connectivity index (χ0n) is 13.8. The first kappa shape index (κ1) is 17.9. The standard InChI is InChI=1S/C18H18BrN3O2S/c1-2-5-12-8-9-13(15-7-4-3-6-14(12)15)10-22-17(19)20-18(21-22)25-11-16(23)24/h3-4,6-9H,2,5,10-11H2,1H3,(H,23,24). The highest BCUT2D eigenvalue weighted by Gasteiger charge is 2.12. The number of halogens is 1. The lowest BCUT2D eigenvalue weighted by atomic mass is 9.97. The molecule has 0 aliphatic carbocycles. The lowest BCUT2D eigenvalue weighted by molar-refractivity contribution is -0.133. The van der Waals surface area contributed by atoms with Crippen molar-refractivity contribution in [3.8, 4) is 0 Å². The number of hydrogen-bond donors (Lipinski definition) is 1. The molecule has 1 N–H and O–H groups in total. The Morgan fingerprint density at radius 2 is 1.88 bits per heavy atom. The third kappa shape index (κ3) is 4.22. The Hall–Kier alpha value is -1.86. The van der Waals surface area contributed by atoms with Crippen LogP contribution in [0.3, 0.4) is 0 Å². The highest BCUT2D eigenvalue weighted by atomic mass is 79.9. The van der Waals surface area contributed by atoms with Crippen LogP contribution in [0.4, 0.5) is 0 Å². The minimum absolute atomic E-state index is 0.0505. The van der Waals surface area contributed by atoms with Crippen molar-refractivity contribution in [1.82, 2.24) is 14.8 Å². The van der Waals surface area contributed by atoms with E-state index < -0.39 is 5.97 Å². The topological polar surface area (TPSA) is 68.0 Å². The van der Waals surface area contributed by atoms with Gasteiger partial charge in [-0.25, -0.2) is 4.68 Å². The number of thioether (sulfide) groups is 1. The van der Waals surface area contributed by atoms with Gasteiger partial charge in [0.15, 0.2) is 4.73 Å². The molecule has 0 bridgehead atoms. The van der Waals surface area contributed by atoms with Crippen molar-refractivity contribution in [2.24, 2.45) is 0 Å². The van der Waals surface area contributed by atoms with Gasteiger partial charge in [0.2, 0.25) is 5.16 Å². The van der Waals surface area contributed by atoms with Crippen LogP contribution in [0.15, 0.2) is 46.3 Å². The molecule has 0 saturated carbocycles. The molecule has 0 saturated heterocycles. The number of carboxylic acid groups (broad SMARTS) is 1. The monoisotopic (exact) mass is 419 g/mol. The number of rotatable bonds is 7. The van der Waals surface area contributed by atoms with Crippen molar-refractivity contribution in [2.45, 2.75) is 31.5 Å². The van der Waals surface area contributed by atoms with E-state index in [1.54, 1.807) is 4.68 Å². The molecule has 0 fully saturated rings. The van der Waals surface area contributed by atoms with Crippen LogP contribution in [0.25, 0.3) is 10.8 Å². The van der Waals surface area contributed by atoms with Gasteiger partial charge in [-0.3, -0.25) is 4.79 Å². The summed E-state index contributed by atoms with van der Waals surface area (Å²) in [6.07, 6.45) is 2.17. The van der Waals surface area contributed by atoms with Crippen molar-refractivity contribution in [3.05, 3.63) is 52.3 Å². The van der Waals surface area contributed by atoms with Gasteiger partial charge in [0, 0.05) is 0 Å². The average molecular weight is 420 g/mol. The Labute approximate surface area is 158 Å². The third-order valence-corrected chi connectivity index (χ3v) is 5.29. The van der Waals surface area contributed by atoms with Crippen LogP contribution in [0, 0.1) is 0 Å². The number of aryl methyl sites for hydroxylation is 1. The molecule has 1 heterocycles. The number of fused-ring (bicyclic) bond motifs is 1. The molecular weight excluding hydrogens is 402 g/mol. The van der Waals surface area contributed by atoms with Crippen molar-refractivity contribution in [3.63, 3.8) is 0 Å². The number of benzene rings is 2. The second-order valence-electron chi connectivity index (χ2n) is 5.68. The first-order valence-corrected chi connectivity index (χ1v) is 9.80. The largest absolute Gasteiger partial charge is 0.481 e. The smallest absolute Gasteiger partial charge is 0.313 e. The molecular formula is C18H18BrN3O2S. The Balaban J connectivity index is 1.91. The number of carboxylic acids is 1. The van der Waals surface area contributed by atoms with Crippen LogP contribution >= 0.6 is 27.7 Å². The molecule has 3 aromatic rings. The van der Waals surface area contributed by atoms with Gasteiger partial charge in [0.25, 0.3) is 0 Å². The molecule has 1 aromatic heterocycles. The Kier molecular flexibility index (Phi) is 5.75. The van der Waals surface area contributed by atoms with E-state index in [0.717, 1.165) is 30.2 Å². The Morgan fingerprint density at radius 3 is 2.56 bits per heavy atom. The van der Waals surface area contributed by atoms with Crippen molar-refractivity contribution in [1.29, 1.82) is 0 Å². The van der Waals surface area contributed by atoms with Gasteiger partial charge in [-0.05, 0) is 44.3 Å². The average Bonchev–Trinajstić information content (AvgIpc) is 2.95. The molecule has 2 aromatic carbocycles. The molecule has 3 rings (SSSR count). The van der Waals surface area contributed by atoms with E-state index in [9.17, 15) is 4.79 Å². The van der Waals surface area contributed by atoms with Crippen molar-refractivity contribution >= 4 is 44.4 Å². The minimum atomic E-state index is -0.880. The summed E-state index contributed by atoms with van der Waals surface area (Å²) in [4.78, 5) is 15.0. The van der Waals surface area contributed by atoms with Crippen LogP contribution in [0.5, 0.6) is 0 Å². The summed E-state index contributed by atoms with van der Waals surface area (Å²) in [7, 11) is 0. The summed E-state index contributed by atoms with van der Waals surface area (Å²) in [5, 5.41) is 16.1. The highest BCUT2D eigenvalue weighted by molar-refractivity contribution is 9.10. The van der Waals surface area contributed by atoms with Crippen LogP contribution in [-0.4, -0.2) is 31.6 Å². The van der Waals surface area contributed by atoms with E-state index in [4.69, 9.17) is 5.11 Å². The van der Waals surface area contributed by atoms with E-state index in [2.05, 4.69) is 63.3 Å². The maximum atomic E-state index is 10.7. The highest BCUT2D eigenvalue weighted by Crippen LogP contribution is 2.26. The zero-order chi connectivity index (χ0) is 17.8. The second kappa shape index (κ2) is 8.01. The fourth-order valence-electron chi connectivity index (χ4n) is 2.80. The van der Waals surface area contributed by atoms with Crippen LogP contribution in [0.1, 0.15) is 24.5 Å². The quantitative estimate of drug-likeness (QED) is 0.575. The number of carbonyl (C=O) groups is 1. The molecule has 0 aliphatic rings. The summed E-state index contributed by atoms with van der Waals surface area (Å²) in [6, 6.07) is 12.7. The first-order valence-electron chi connectivity index (χ1n) is 8.03. The van der Waals surface area contributed by atoms with Crippen LogP contribution in [-0.2, 0) is 17.8 Å². The van der Waals surface area contributed by atoms with Gasteiger partial charge >= 0.3 is 5.97 Å². The van der Waals surface area contributed by atoms with E-state index in [1.807, 2.05) is 6.07 Å². The SMILES string of the molecule is CCCc1ccc(Cn2nc(SCC(=O)O)nc2Br)c2ccccc12. The Bertz CT molecular complexity index is 910. The lowest BCUT2D eigenvalue weighted by Gasteiger charge is -2.11. The molecule has 0 unspecified atom stereocenters. The molecule has 0 aliphatic heterocycles. The van der Waals surface area contributed by atoms with E-state index in [-0.39, 0.29) is 5.75 Å².